The molecule has 3 N–H and O–H groups in total. The standard InChI is InChI=1S/C14H21N3O3/c1-17(10-3-5-11(19-2)6-4-10)9-12-7-8-13(20-12)14(18)16-15/h3-6,12-13H,7-9,15H2,1-2H3,(H,16,18). The Morgan fingerprint density at radius 3 is 2.75 bits per heavy atom. The molecule has 1 amide bonds. The van der Waals surface area contributed by atoms with Crippen LogP contribution in [0, 0.1) is 0 Å². The van der Waals surface area contributed by atoms with Crippen molar-refractivity contribution >= 4 is 11.6 Å². The first kappa shape index (κ1) is 14.6. The summed E-state index contributed by atoms with van der Waals surface area (Å²) in [5.74, 6) is 5.70. The number of rotatable bonds is 5. The lowest BCUT2D eigenvalue weighted by Gasteiger charge is -2.23. The van der Waals surface area contributed by atoms with E-state index < -0.39 is 6.10 Å². The van der Waals surface area contributed by atoms with Gasteiger partial charge < -0.3 is 14.4 Å². The summed E-state index contributed by atoms with van der Waals surface area (Å²) in [5, 5.41) is 0. The fourth-order valence-corrected chi connectivity index (χ4v) is 2.37. The molecule has 2 rings (SSSR count). The van der Waals surface area contributed by atoms with Gasteiger partial charge >= 0.3 is 0 Å². The molecule has 0 aromatic heterocycles. The number of hydrogen-bond donors (Lipinski definition) is 2. The Labute approximate surface area is 118 Å². The minimum Gasteiger partial charge on any atom is -0.497 e. The number of amides is 1. The van der Waals surface area contributed by atoms with E-state index in [1.165, 1.54) is 0 Å². The summed E-state index contributed by atoms with van der Waals surface area (Å²) in [4.78, 5) is 13.5. The van der Waals surface area contributed by atoms with Crippen LogP contribution in [0.1, 0.15) is 12.8 Å². The van der Waals surface area contributed by atoms with E-state index in [2.05, 4.69) is 10.3 Å². The normalized spacial score (nSPS) is 21.6. The van der Waals surface area contributed by atoms with Gasteiger partial charge in [-0.15, -0.1) is 0 Å². The smallest absolute Gasteiger partial charge is 0.263 e. The third kappa shape index (κ3) is 3.40. The van der Waals surface area contributed by atoms with Crippen LogP contribution >= 0.6 is 0 Å². The molecule has 0 saturated carbocycles. The van der Waals surface area contributed by atoms with Gasteiger partial charge in [0, 0.05) is 19.3 Å². The number of anilines is 1. The van der Waals surface area contributed by atoms with E-state index in [0.29, 0.717) is 6.42 Å². The lowest BCUT2D eigenvalue weighted by atomic mass is 10.2. The Morgan fingerprint density at radius 1 is 1.45 bits per heavy atom. The van der Waals surface area contributed by atoms with E-state index in [-0.39, 0.29) is 12.0 Å². The molecule has 20 heavy (non-hydrogen) atoms. The number of likely N-dealkylation sites (N-methyl/N-ethyl adjacent to an activating group) is 1. The molecule has 0 bridgehead atoms. The molecule has 1 heterocycles. The SMILES string of the molecule is COc1ccc(N(C)CC2CCC(C(=O)NN)O2)cc1. The lowest BCUT2D eigenvalue weighted by molar-refractivity contribution is -0.131. The van der Waals surface area contributed by atoms with E-state index in [9.17, 15) is 4.79 Å². The fraction of sp³-hybridized carbons (Fsp3) is 0.500. The summed E-state index contributed by atoms with van der Waals surface area (Å²) < 4.78 is 10.8. The number of hydrazine groups is 1. The van der Waals surface area contributed by atoms with E-state index in [4.69, 9.17) is 15.3 Å². The van der Waals surface area contributed by atoms with Gasteiger partial charge in [0.05, 0.1) is 13.2 Å². The predicted octanol–water partition coefficient (Wildman–Crippen LogP) is 0.669. The van der Waals surface area contributed by atoms with Crippen molar-refractivity contribution < 1.29 is 14.3 Å². The maximum atomic E-state index is 11.4. The van der Waals surface area contributed by atoms with Crippen molar-refractivity contribution in [2.75, 3.05) is 25.6 Å². The van der Waals surface area contributed by atoms with Crippen molar-refractivity contribution in [2.24, 2.45) is 5.84 Å². The third-order valence-electron chi connectivity index (χ3n) is 3.53. The molecule has 1 aromatic carbocycles. The van der Waals surface area contributed by atoms with Crippen LogP contribution in [0.2, 0.25) is 0 Å². The molecule has 6 nitrogen and oxygen atoms in total. The highest BCUT2D eigenvalue weighted by Crippen LogP contribution is 2.23. The van der Waals surface area contributed by atoms with E-state index in [0.717, 1.165) is 24.4 Å². The molecule has 0 aliphatic carbocycles. The highest BCUT2D eigenvalue weighted by atomic mass is 16.5. The van der Waals surface area contributed by atoms with Crippen molar-refractivity contribution in [3.8, 4) is 5.75 Å². The number of nitrogens with one attached hydrogen (secondary N) is 1. The first-order valence-corrected chi connectivity index (χ1v) is 6.65. The Kier molecular flexibility index (Phi) is 4.81. The number of benzene rings is 1. The number of carbonyl (C=O) groups is 1. The number of methoxy groups -OCH3 is 1. The summed E-state index contributed by atoms with van der Waals surface area (Å²) in [7, 11) is 3.65. The molecule has 2 unspecified atom stereocenters. The number of nitrogens with zero attached hydrogens (tertiary/aromatic N) is 1. The monoisotopic (exact) mass is 279 g/mol. The zero-order chi connectivity index (χ0) is 14.5. The molecule has 1 aromatic rings. The van der Waals surface area contributed by atoms with Crippen LogP contribution in [-0.2, 0) is 9.53 Å². The van der Waals surface area contributed by atoms with Gasteiger partial charge in [-0.2, -0.15) is 0 Å². The molecular weight excluding hydrogens is 258 g/mol. The number of carbonyl (C=O) groups excluding carboxylic acids is 1. The van der Waals surface area contributed by atoms with Gasteiger partial charge in [-0.25, -0.2) is 5.84 Å². The lowest BCUT2D eigenvalue weighted by Crippen LogP contribution is -2.40. The van der Waals surface area contributed by atoms with Gasteiger partial charge in [-0.1, -0.05) is 0 Å². The van der Waals surface area contributed by atoms with Gasteiger partial charge in [0.2, 0.25) is 0 Å². The average molecular weight is 279 g/mol. The van der Waals surface area contributed by atoms with Crippen LogP contribution in [0.3, 0.4) is 0 Å². The fourth-order valence-electron chi connectivity index (χ4n) is 2.37. The maximum Gasteiger partial charge on any atom is 0.263 e. The molecule has 1 aliphatic heterocycles. The van der Waals surface area contributed by atoms with Crippen molar-refractivity contribution in [3.63, 3.8) is 0 Å². The third-order valence-corrected chi connectivity index (χ3v) is 3.53. The predicted molar refractivity (Wildman–Crippen MR) is 76.5 cm³/mol. The summed E-state index contributed by atoms with van der Waals surface area (Å²) in [5.41, 5.74) is 3.22. The highest BCUT2D eigenvalue weighted by Gasteiger charge is 2.30. The van der Waals surface area contributed by atoms with E-state index in [1.807, 2.05) is 31.3 Å². The molecule has 1 fully saturated rings. The Morgan fingerprint density at radius 2 is 2.15 bits per heavy atom. The Bertz CT molecular complexity index is 449. The van der Waals surface area contributed by atoms with Crippen molar-refractivity contribution in [2.45, 2.75) is 25.0 Å². The summed E-state index contributed by atoms with van der Waals surface area (Å²) in [6.07, 6.45) is 1.20. The second-order valence-electron chi connectivity index (χ2n) is 4.91. The number of ether oxygens (including phenoxy) is 2. The van der Waals surface area contributed by atoms with Crippen LogP contribution in [0.5, 0.6) is 5.75 Å². The molecular formula is C14H21N3O3. The number of hydrogen-bond acceptors (Lipinski definition) is 5. The zero-order valence-electron chi connectivity index (χ0n) is 11.8. The van der Waals surface area contributed by atoms with Crippen LogP contribution in [0.15, 0.2) is 24.3 Å². The highest BCUT2D eigenvalue weighted by molar-refractivity contribution is 5.80. The van der Waals surface area contributed by atoms with Gasteiger partial charge in [0.1, 0.15) is 11.9 Å². The number of nitrogens with two attached hydrogens (primary N) is 1. The summed E-state index contributed by atoms with van der Waals surface area (Å²) in [6.45, 7) is 0.737. The maximum absolute atomic E-state index is 11.4. The Hall–Kier alpha value is -1.79. The molecule has 1 saturated heterocycles. The molecule has 6 heteroatoms. The zero-order valence-corrected chi connectivity index (χ0v) is 11.8. The van der Waals surface area contributed by atoms with E-state index in [1.54, 1.807) is 7.11 Å². The average Bonchev–Trinajstić information content (AvgIpc) is 2.95. The van der Waals surface area contributed by atoms with Gasteiger partial charge in [-0.05, 0) is 37.1 Å². The van der Waals surface area contributed by atoms with Crippen molar-refractivity contribution in [3.05, 3.63) is 24.3 Å². The first-order chi connectivity index (χ1) is 9.63. The topological polar surface area (TPSA) is 76.8 Å². The van der Waals surface area contributed by atoms with Crippen molar-refractivity contribution in [1.29, 1.82) is 0 Å². The molecule has 0 radical (unpaired) electrons. The minimum atomic E-state index is -0.422. The van der Waals surface area contributed by atoms with Gasteiger partial charge in [-0.3, -0.25) is 10.2 Å². The summed E-state index contributed by atoms with van der Waals surface area (Å²) in [6, 6.07) is 7.84. The van der Waals surface area contributed by atoms with E-state index >= 15 is 0 Å². The van der Waals surface area contributed by atoms with Crippen LogP contribution in [-0.4, -0.2) is 38.8 Å². The quantitative estimate of drug-likeness (QED) is 0.470. The largest absolute Gasteiger partial charge is 0.497 e. The van der Waals surface area contributed by atoms with Crippen LogP contribution in [0.4, 0.5) is 5.69 Å². The van der Waals surface area contributed by atoms with Crippen LogP contribution in [0.25, 0.3) is 0 Å². The minimum absolute atomic E-state index is 0.0457. The van der Waals surface area contributed by atoms with Gasteiger partial charge in [0.25, 0.3) is 5.91 Å². The summed E-state index contributed by atoms with van der Waals surface area (Å²) >= 11 is 0. The van der Waals surface area contributed by atoms with Crippen molar-refractivity contribution in [1.82, 2.24) is 5.43 Å². The second-order valence-corrected chi connectivity index (χ2v) is 4.91. The second kappa shape index (κ2) is 6.58. The molecule has 1 aliphatic rings. The van der Waals surface area contributed by atoms with Crippen LogP contribution < -0.4 is 20.9 Å². The Balaban J connectivity index is 1.88. The van der Waals surface area contributed by atoms with Gasteiger partial charge in [0.15, 0.2) is 0 Å². The molecule has 110 valence electrons. The molecule has 0 spiro atoms. The first-order valence-electron chi connectivity index (χ1n) is 6.65. The molecule has 2 atom stereocenters.